The van der Waals surface area contributed by atoms with Crippen LogP contribution in [0.5, 0.6) is 0 Å². The van der Waals surface area contributed by atoms with Crippen LogP contribution in [0.3, 0.4) is 0 Å². The minimum absolute atomic E-state index is 0.146. The molecule has 9 nitrogen and oxygen atoms in total. The fourth-order valence-corrected chi connectivity index (χ4v) is 4.80. The van der Waals surface area contributed by atoms with Crippen LogP contribution in [0.1, 0.15) is 88.1 Å². The van der Waals surface area contributed by atoms with Gasteiger partial charge in [0, 0.05) is 25.4 Å². The molecule has 0 fully saturated rings. The topological polar surface area (TPSA) is 141 Å². The van der Waals surface area contributed by atoms with Crippen LogP contribution in [0.2, 0.25) is 0 Å². The average molecular weight is 591 g/mol. The highest BCUT2D eigenvalue weighted by atomic mass is 19.1. The van der Waals surface area contributed by atoms with Crippen LogP contribution in [-0.4, -0.2) is 63.3 Å². The molecule has 42 heavy (non-hydrogen) atoms. The van der Waals surface area contributed by atoms with E-state index in [1.165, 1.54) is 19.3 Å². The molecule has 0 radical (unpaired) electrons. The SMILES string of the molecule is CCCCCCC(NC(=O)c1cccnc1)C(=O)N[C@H](Cc1cc(F)cc(F)c1)[C@@H](O)[C@H](O)[C@@H](CCCC)NC(C)=O. The van der Waals surface area contributed by atoms with E-state index in [0.717, 1.165) is 37.8 Å². The van der Waals surface area contributed by atoms with Crippen molar-refractivity contribution in [2.45, 2.75) is 109 Å². The summed E-state index contributed by atoms with van der Waals surface area (Å²) in [5.41, 5.74) is 0.410. The molecule has 0 saturated heterocycles. The molecule has 1 aromatic carbocycles. The highest BCUT2D eigenvalue weighted by molar-refractivity contribution is 5.97. The maximum atomic E-state index is 14.0. The number of aromatic nitrogens is 1. The molecule has 5 atom stereocenters. The van der Waals surface area contributed by atoms with Crippen LogP contribution in [0, 0.1) is 11.6 Å². The summed E-state index contributed by atoms with van der Waals surface area (Å²) in [6.45, 7) is 5.28. The van der Waals surface area contributed by atoms with Crippen molar-refractivity contribution in [1.29, 1.82) is 0 Å². The van der Waals surface area contributed by atoms with Crippen molar-refractivity contribution in [3.63, 3.8) is 0 Å². The zero-order chi connectivity index (χ0) is 31.1. The number of pyridine rings is 1. The van der Waals surface area contributed by atoms with Gasteiger partial charge in [-0.3, -0.25) is 19.4 Å². The fraction of sp³-hybridized carbons (Fsp3) is 0.548. The number of hydrogen-bond donors (Lipinski definition) is 5. The van der Waals surface area contributed by atoms with Gasteiger partial charge in [0.05, 0.1) is 17.6 Å². The average Bonchev–Trinajstić information content (AvgIpc) is 2.95. The summed E-state index contributed by atoms with van der Waals surface area (Å²) in [6.07, 6.45) is 5.06. The number of carbonyl (C=O) groups excluding carboxylic acids is 3. The quantitative estimate of drug-likeness (QED) is 0.168. The van der Waals surface area contributed by atoms with Gasteiger partial charge >= 0.3 is 0 Å². The number of unbranched alkanes of at least 4 members (excludes halogenated alkanes) is 4. The van der Waals surface area contributed by atoms with E-state index in [1.54, 1.807) is 12.1 Å². The molecule has 5 N–H and O–H groups in total. The fourth-order valence-electron chi connectivity index (χ4n) is 4.80. The smallest absolute Gasteiger partial charge is 0.253 e. The lowest BCUT2D eigenvalue weighted by Crippen LogP contribution is -2.59. The van der Waals surface area contributed by atoms with Crippen LogP contribution >= 0.6 is 0 Å². The first-order valence-electron chi connectivity index (χ1n) is 14.6. The highest BCUT2D eigenvalue weighted by Gasteiger charge is 2.35. The van der Waals surface area contributed by atoms with Gasteiger partial charge in [-0.05, 0) is 49.1 Å². The van der Waals surface area contributed by atoms with Gasteiger partial charge in [-0.25, -0.2) is 8.78 Å². The Hall–Kier alpha value is -3.44. The number of amides is 3. The number of hydrogen-bond acceptors (Lipinski definition) is 6. The summed E-state index contributed by atoms with van der Waals surface area (Å²) in [5, 5.41) is 30.5. The molecular formula is C31H44F2N4O5. The van der Waals surface area contributed by atoms with Gasteiger partial charge in [0.1, 0.15) is 29.9 Å². The van der Waals surface area contributed by atoms with Crippen molar-refractivity contribution in [3.8, 4) is 0 Å². The number of aliphatic hydroxyl groups excluding tert-OH is 2. The van der Waals surface area contributed by atoms with Crippen molar-refractivity contribution < 1.29 is 33.4 Å². The number of aliphatic hydroxyl groups is 2. The molecule has 0 aliphatic rings. The van der Waals surface area contributed by atoms with E-state index < -0.39 is 59.7 Å². The first-order chi connectivity index (χ1) is 20.0. The van der Waals surface area contributed by atoms with E-state index in [0.29, 0.717) is 31.7 Å². The molecule has 1 aromatic heterocycles. The summed E-state index contributed by atoms with van der Waals surface area (Å²) in [4.78, 5) is 42.2. The van der Waals surface area contributed by atoms with Crippen LogP contribution in [0.4, 0.5) is 8.78 Å². The molecule has 0 spiro atoms. The lowest BCUT2D eigenvalue weighted by atomic mass is 9.91. The monoisotopic (exact) mass is 590 g/mol. The lowest BCUT2D eigenvalue weighted by Gasteiger charge is -2.33. The number of rotatable bonds is 18. The summed E-state index contributed by atoms with van der Waals surface area (Å²) in [7, 11) is 0. The molecule has 2 aromatic rings. The Bertz CT molecular complexity index is 1120. The van der Waals surface area contributed by atoms with Gasteiger partial charge < -0.3 is 26.2 Å². The maximum Gasteiger partial charge on any atom is 0.253 e. The number of nitrogens with zero attached hydrogens (tertiary/aromatic N) is 1. The van der Waals surface area contributed by atoms with Crippen LogP contribution in [0.25, 0.3) is 0 Å². The molecule has 232 valence electrons. The Labute approximate surface area is 246 Å². The highest BCUT2D eigenvalue weighted by Crippen LogP contribution is 2.17. The second kappa shape index (κ2) is 18.2. The first-order valence-corrected chi connectivity index (χ1v) is 14.6. The Balaban J connectivity index is 2.35. The van der Waals surface area contributed by atoms with E-state index in [9.17, 15) is 33.4 Å². The summed E-state index contributed by atoms with van der Waals surface area (Å²) < 4.78 is 28.0. The number of nitrogens with one attached hydrogen (secondary N) is 3. The van der Waals surface area contributed by atoms with Crippen molar-refractivity contribution in [2.24, 2.45) is 0 Å². The third-order valence-electron chi connectivity index (χ3n) is 7.03. The first kappa shape index (κ1) is 34.8. The molecule has 2 rings (SSSR count). The van der Waals surface area contributed by atoms with Gasteiger partial charge in [0.25, 0.3) is 5.91 Å². The lowest BCUT2D eigenvalue weighted by molar-refractivity contribution is -0.127. The minimum Gasteiger partial charge on any atom is -0.388 e. The molecule has 1 unspecified atom stereocenters. The van der Waals surface area contributed by atoms with Crippen molar-refractivity contribution >= 4 is 17.7 Å². The molecule has 0 aliphatic heterocycles. The predicted octanol–water partition coefficient (Wildman–Crippen LogP) is 3.57. The van der Waals surface area contributed by atoms with Crippen LogP contribution < -0.4 is 16.0 Å². The van der Waals surface area contributed by atoms with E-state index in [-0.39, 0.29) is 17.5 Å². The molecule has 11 heteroatoms. The summed E-state index contributed by atoms with van der Waals surface area (Å²) in [6, 6.07) is 3.01. The maximum absolute atomic E-state index is 14.0. The molecule has 0 saturated carbocycles. The second-order valence-electron chi connectivity index (χ2n) is 10.6. The number of halogens is 2. The van der Waals surface area contributed by atoms with Crippen molar-refractivity contribution in [1.82, 2.24) is 20.9 Å². The van der Waals surface area contributed by atoms with Crippen LogP contribution in [-0.2, 0) is 16.0 Å². The normalized spacial score (nSPS) is 14.7. The molecule has 3 amide bonds. The molecule has 1 heterocycles. The van der Waals surface area contributed by atoms with Gasteiger partial charge in [-0.2, -0.15) is 0 Å². The Morgan fingerprint density at radius 2 is 1.52 bits per heavy atom. The van der Waals surface area contributed by atoms with Gasteiger partial charge in [-0.15, -0.1) is 0 Å². The number of carbonyl (C=O) groups is 3. The van der Waals surface area contributed by atoms with Gasteiger partial charge in [-0.1, -0.05) is 52.4 Å². The molecule has 0 bridgehead atoms. The largest absolute Gasteiger partial charge is 0.388 e. The number of benzene rings is 1. The Morgan fingerprint density at radius 1 is 0.857 bits per heavy atom. The Kier molecular flexibility index (Phi) is 15.0. The third-order valence-corrected chi connectivity index (χ3v) is 7.03. The van der Waals surface area contributed by atoms with Crippen molar-refractivity contribution in [2.75, 3.05) is 0 Å². The van der Waals surface area contributed by atoms with Gasteiger partial charge in [0.2, 0.25) is 11.8 Å². The van der Waals surface area contributed by atoms with E-state index in [2.05, 4.69) is 27.9 Å². The summed E-state index contributed by atoms with van der Waals surface area (Å²) >= 11 is 0. The Morgan fingerprint density at radius 3 is 2.12 bits per heavy atom. The molecule has 0 aliphatic carbocycles. The zero-order valence-corrected chi connectivity index (χ0v) is 24.6. The third kappa shape index (κ3) is 11.8. The standard InChI is InChI=1S/C31H44F2N4O5/c1-4-6-8-9-13-26(36-30(41)22-11-10-14-34-19-22)31(42)37-27(17-21-15-23(32)18-24(33)16-21)29(40)28(39)25(12-7-5-2)35-20(3)38/h10-11,14-16,18-19,25-29,39-40H,4-9,12-13,17H2,1-3H3,(H,35,38)(H,36,41)(H,37,42)/t25-,26?,27-,28-,29-/m1/s1. The van der Waals surface area contributed by atoms with Gasteiger partial charge in [0.15, 0.2) is 0 Å². The molecular weight excluding hydrogens is 546 g/mol. The van der Waals surface area contributed by atoms with E-state index in [1.807, 2.05) is 6.92 Å². The van der Waals surface area contributed by atoms with Crippen LogP contribution in [0.15, 0.2) is 42.7 Å². The van der Waals surface area contributed by atoms with E-state index in [4.69, 9.17) is 0 Å². The zero-order valence-electron chi connectivity index (χ0n) is 24.6. The second-order valence-corrected chi connectivity index (χ2v) is 10.6. The predicted molar refractivity (Wildman–Crippen MR) is 155 cm³/mol. The summed E-state index contributed by atoms with van der Waals surface area (Å²) in [5.74, 6) is -3.20. The van der Waals surface area contributed by atoms with E-state index >= 15 is 0 Å². The minimum atomic E-state index is -1.62. The van der Waals surface area contributed by atoms with Crippen molar-refractivity contribution in [3.05, 3.63) is 65.5 Å².